The molecule has 6 nitrogen and oxygen atoms in total. The van der Waals surface area contributed by atoms with E-state index in [4.69, 9.17) is 9.15 Å². The number of imide groups is 1. The van der Waals surface area contributed by atoms with Crippen LogP contribution >= 0.6 is 11.8 Å². The number of benzene rings is 2. The van der Waals surface area contributed by atoms with Crippen LogP contribution < -0.4 is 10.1 Å². The number of carbonyl (C=O) groups is 2. The molecule has 3 amide bonds. The number of halogens is 2. The molecular weight excluding hydrogens is 414 g/mol. The molecule has 4 rings (SSSR count). The van der Waals surface area contributed by atoms with E-state index in [1.807, 2.05) is 18.2 Å². The zero-order valence-corrected chi connectivity index (χ0v) is 17.0. The molecule has 1 fully saturated rings. The van der Waals surface area contributed by atoms with Crippen molar-refractivity contribution in [2.45, 2.75) is 29.7 Å². The van der Waals surface area contributed by atoms with E-state index in [9.17, 15) is 18.4 Å². The highest BCUT2D eigenvalue weighted by molar-refractivity contribution is 7.99. The highest BCUT2D eigenvalue weighted by Crippen LogP contribution is 2.36. The van der Waals surface area contributed by atoms with Crippen LogP contribution in [0.5, 0.6) is 5.75 Å². The van der Waals surface area contributed by atoms with Crippen LogP contribution in [0.4, 0.5) is 13.6 Å². The normalized spacial score (nSPS) is 19.0. The first-order chi connectivity index (χ1) is 14.3. The standard InChI is InChI=1S/C21H18F2N2O4S/c1-21(17-10-13-5-3-4-6-14(13)29-17)18(26)25(20(27)24-21)11-12-7-8-16(30-19(22)23)15(9-12)28-2/h3-10,19H,11H2,1-2H3,(H,24,27). The largest absolute Gasteiger partial charge is 0.496 e. The summed E-state index contributed by atoms with van der Waals surface area (Å²) in [5.41, 5.74) is -0.153. The number of thioether (sulfide) groups is 1. The minimum atomic E-state index is -2.58. The number of nitrogens with zero attached hydrogens (tertiary/aromatic N) is 1. The number of para-hydroxylation sites is 1. The van der Waals surface area contributed by atoms with Crippen LogP contribution in [-0.4, -0.2) is 29.7 Å². The molecule has 0 saturated carbocycles. The summed E-state index contributed by atoms with van der Waals surface area (Å²) in [4.78, 5) is 27.1. The van der Waals surface area contributed by atoms with Crippen LogP contribution in [0.25, 0.3) is 11.0 Å². The average Bonchev–Trinajstić information content (AvgIpc) is 3.24. The van der Waals surface area contributed by atoms with Crippen LogP contribution in [-0.2, 0) is 16.9 Å². The summed E-state index contributed by atoms with van der Waals surface area (Å²) < 4.78 is 36.3. The summed E-state index contributed by atoms with van der Waals surface area (Å²) in [5, 5.41) is 3.53. The van der Waals surface area contributed by atoms with Gasteiger partial charge < -0.3 is 14.5 Å². The Labute approximate surface area is 175 Å². The van der Waals surface area contributed by atoms with E-state index >= 15 is 0 Å². The first kappa shape index (κ1) is 20.2. The first-order valence-corrected chi connectivity index (χ1v) is 9.94. The van der Waals surface area contributed by atoms with Crippen molar-refractivity contribution in [2.24, 2.45) is 0 Å². The number of carbonyl (C=O) groups excluding carboxylic acids is 2. The number of fused-ring (bicyclic) bond motifs is 1. The van der Waals surface area contributed by atoms with E-state index in [0.717, 1.165) is 10.3 Å². The fourth-order valence-corrected chi connectivity index (χ4v) is 4.02. The Morgan fingerprint density at radius 2 is 1.97 bits per heavy atom. The molecule has 2 aromatic carbocycles. The Kier molecular flexibility index (Phi) is 5.15. The van der Waals surface area contributed by atoms with E-state index in [0.29, 0.717) is 28.7 Å². The maximum atomic E-state index is 13.1. The predicted octanol–water partition coefficient (Wildman–Crippen LogP) is 4.72. The molecule has 1 saturated heterocycles. The van der Waals surface area contributed by atoms with Gasteiger partial charge in [-0.05, 0) is 36.8 Å². The van der Waals surface area contributed by atoms with Crippen LogP contribution in [0.15, 0.2) is 57.8 Å². The molecule has 0 bridgehead atoms. The van der Waals surface area contributed by atoms with Gasteiger partial charge in [0.15, 0.2) is 5.54 Å². The highest BCUT2D eigenvalue weighted by atomic mass is 32.2. The lowest BCUT2D eigenvalue weighted by Crippen LogP contribution is -2.40. The number of amides is 3. The zero-order chi connectivity index (χ0) is 21.5. The van der Waals surface area contributed by atoms with Gasteiger partial charge in [0.25, 0.3) is 11.7 Å². The van der Waals surface area contributed by atoms with Gasteiger partial charge in [-0.3, -0.25) is 9.69 Å². The molecule has 0 spiro atoms. The number of alkyl halides is 2. The quantitative estimate of drug-likeness (QED) is 0.451. The molecule has 1 aromatic heterocycles. The van der Waals surface area contributed by atoms with Gasteiger partial charge in [-0.1, -0.05) is 36.0 Å². The summed E-state index contributed by atoms with van der Waals surface area (Å²) in [7, 11) is 1.38. The maximum absolute atomic E-state index is 13.1. The summed E-state index contributed by atoms with van der Waals surface area (Å²) in [6.45, 7) is 1.56. The number of hydrogen-bond donors (Lipinski definition) is 1. The molecule has 9 heteroatoms. The topological polar surface area (TPSA) is 71.8 Å². The van der Waals surface area contributed by atoms with Gasteiger partial charge in [-0.25, -0.2) is 4.79 Å². The molecular formula is C21H18F2N2O4S. The van der Waals surface area contributed by atoms with Gasteiger partial charge in [0.05, 0.1) is 18.6 Å². The minimum absolute atomic E-state index is 0.0313. The number of ether oxygens (including phenoxy) is 1. The molecule has 1 N–H and O–H groups in total. The van der Waals surface area contributed by atoms with E-state index in [2.05, 4.69) is 5.32 Å². The Hall–Kier alpha value is -3.07. The van der Waals surface area contributed by atoms with Crippen molar-refractivity contribution >= 4 is 34.7 Å². The summed E-state index contributed by atoms with van der Waals surface area (Å²) in [6.07, 6.45) is 0. The molecule has 30 heavy (non-hydrogen) atoms. The zero-order valence-electron chi connectivity index (χ0n) is 16.1. The van der Waals surface area contributed by atoms with Crippen molar-refractivity contribution in [2.75, 3.05) is 7.11 Å². The lowest BCUT2D eigenvalue weighted by Gasteiger charge is -2.19. The van der Waals surface area contributed by atoms with Gasteiger partial charge >= 0.3 is 6.03 Å². The van der Waals surface area contributed by atoms with E-state index in [1.54, 1.807) is 31.2 Å². The Bertz CT molecular complexity index is 1100. The van der Waals surface area contributed by atoms with E-state index in [1.165, 1.54) is 13.2 Å². The summed E-state index contributed by atoms with van der Waals surface area (Å²) in [5.74, 6) is -2.45. The third-order valence-corrected chi connectivity index (χ3v) is 5.75. The van der Waals surface area contributed by atoms with Crippen molar-refractivity contribution in [1.29, 1.82) is 0 Å². The summed E-state index contributed by atoms with van der Waals surface area (Å²) in [6, 6.07) is 13.1. The number of nitrogens with one attached hydrogen (secondary N) is 1. The van der Waals surface area contributed by atoms with Crippen LogP contribution in [0.3, 0.4) is 0 Å². The van der Waals surface area contributed by atoms with Gasteiger partial charge in [0, 0.05) is 5.39 Å². The molecule has 1 atom stereocenters. The Morgan fingerprint density at radius 3 is 2.67 bits per heavy atom. The number of urea groups is 1. The molecule has 1 unspecified atom stereocenters. The maximum Gasteiger partial charge on any atom is 0.325 e. The second kappa shape index (κ2) is 7.64. The monoisotopic (exact) mass is 432 g/mol. The van der Waals surface area contributed by atoms with Crippen molar-refractivity contribution in [3.8, 4) is 5.75 Å². The molecule has 1 aliphatic heterocycles. The number of hydrogen-bond acceptors (Lipinski definition) is 5. The SMILES string of the molecule is COc1cc(CN2C(=O)NC(C)(c3cc4ccccc4o3)C2=O)ccc1SC(F)F. The van der Waals surface area contributed by atoms with Crippen molar-refractivity contribution in [3.63, 3.8) is 0 Å². The fraction of sp³-hybridized carbons (Fsp3) is 0.238. The van der Waals surface area contributed by atoms with Gasteiger partial charge in [-0.2, -0.15) is 8.78 Å². The molecule has 0 radical (unpaired) electrons. The third-order valence-electron chi connectivity index (χ3n) is 4.98. The number of furan rings is 1. The van der Waals surface area contributed by atoms with Crippen molar-refractivity contribution in [3.05, 3.63) is 59.9 Å². The van der Waals surface area contributed by atoms with Crippen molar-refractivity contribution in [1.82, 2.24) is 10.2 Å². The van der Waals surface area contributed by atoms with Crippen molar-refractivity contribution < 1.29 is 27.5 Å². The Balaban J connectivity index is 1.60. The lowest BCUT2D eigenvalue weighted by atomic mass is 9.98. The lowest BCUT2D eigenvalue weighted by molar-refractivity contribution is -0.132. The van der Waals surface area contributed by atoms with E-state index < -0.39 is 23.2 Å². The molecule has 3 aromatic rings. The number of rotatable bonds is 6. The minimum Gasteiger partial charge on any atom is -0.496 e. The highest BCUT2D eigenvalue weighted by Gasteiger charge is 2.51. The average molecular weight is 432 g/mol. The second-order valence-electron chi connectivity index (χ2n) is 6.96. The van der Waals surface area contributed by atoms with Gasteiger partial charge in [-0.15, -0.1) is 0 Å². The van der Waals surface area contributed by atoms with Gasteiger partial charge in [0.1, 0.15) is 17.1 Å². The van der Waals surface area contributed by atoms with Gasteiger partial charge in [0.2, 0.25) is 0 Å². The molecule has 2 heterocycles. The Morgan fingerprint density at radius 1 is 1.20 bits per heavy atom. The second-order valence-corrected chi connectivity index (χ2v) is 7.99. The summed E-state index contributed by atoms with van der Waals surface area (Å²) >= 11 is 0.371. The fourth-order valence-electron chi connectivity index (χ4n) is 3.42. The molecule has 0 aliphatic carbocycles. The van der Waals surface area contributed by atoms with Crippen LogP contribution in [0.1, 0.15) is 18.2 Å². The van der Waals surface area contributed by atoms with Crippen LogP contribution in [0.2, 0.25) is 0 Å². The third kappa shape index (κ3) is 3.49. The number of methoxy groups -OCH3 is 1. The first-order valence-electron chi connectivity index (χ1n) is 9.06. The predicted molar refractivity (Wildman–Crippen MR) is 108 cm³/mol. The van der Waals surface area contributed by atoms with E-state index in [-0.39, 0.29) is 17.2 Å². The smallest absolute Gasteiger partial charge is 0.325 e. The van der Waals surface area contributed by atoms with Crippen LogP contribution in [0, 0.1) is 0 Å². The molecule has 156 valence electrons. The molecule has 1 aliphatic rings.